The fraction of sp³-hybridized carbons (Fsp3) is 0.217. The minimum Gasteiger partial charge on any atom is -0.492 e. The van der Waals surface area contributed by atoms with Gasteiger partial charge in [0.2, 0.25) is 5.95 Å². The first-order valence-electron chi connectivity index (χ1n) is 9.87. The van der Waals surface area contributed by atoms with Gasteiger partial charge >= 0.3 is 0 Å². The highest BCUT2D eigenvalue weighted by Crippen LogP contribution is 2.19. The van der Waals surface area contributed by atoms with Gasteiger partial charge in [0.25, 0.3) is 0 Å². The monoisotopic (exact) mass is 419 g/mol. The van der Waals surface area contributed by atoms with E-state index in [-0.39, 0.29) is 0 Å². The van der Waals surface area contributed by atoms with E-state index in [2.05, 4.69) is 38.8 Å². The maximum atomic E-state index is 5.90. The molecule has 7 heteroatoms. The third-order valence-corrected chi connectivity index (χ3v) is 5.47. The molecule has 0 bridgehead atoms. The average molecular weight is 420 g/mol. The van der Waals surface area contributed by atoms with Crippen molar-refractivity contribution in [1.29, 1.82) is 0 Å². The largest absolute Gasteiger partial charge is 0.492 e. The molecule has 6 nitrogen and oxygen atoms in total. The molecule has 1 aliphatic heterocycles. The van der Waals surface area contributed by atoms with Crippen LogP contribution in [0.25, 0.3) is 6.08 Å². The molecule has 0 saturated carbocycles. The Labute approximate surface area is 181 Å². The molecule has 1 saturated heterocycles. The average Bonchev–Trinajstić information content (AvgIpc) is 3.29. The second-order valence-electron chi connectivity index (χ2n) is 6.91. The number of benzene rings is 2. The predicted octanol–water partition coefficient (Wildman–Crippen LogP) is 4.37. The number of aromatic nitrogens is 2. The summed E-state index contributed by atoms with van der Waals surface area (Å²) < 4.78 is 5.90. The molecule has 3 aromatic rings. The first-order valence-corrected chi connectivity index (χ1v) is 11.0. The fourth-order valence-corrected chi connectivity index (χ4v) is 3.78. The van der Waals surface area contributed by atoms with Crippen molar-refractivity contribution in [2.45, 2.75) is 0 Å². The Morgan fingerprint density at radius 3 is 2.73 bits per heavy atom. The van der Waals surface area contributed by atoms with Crippen LogP contribution in [0.15, 0.2) is 72.6 Å². The van der Waals surface area contributed by atoms with E-state index in [0.29, 0.717) is 19.1 Å². The maximum Gasteiger partial charge on any atom is 0.227 e. The highest BCUT2D eigenvalue weighted by Gasteiger charge is 2.07. The zero-order valence-corrected chi connectivity index (χ0v) is 17.7. The van der Waals surface area contributed by atoms with Gasteiger partial charge in [-0.1, -0.05) is 30.3 Å². The van der Waals surface area contributed by atoms with E-state index in [0.717, 1.165) is 28.9 Å². The van der Waals surface area contributed by atoms with Gasteiger partial charge in [-0.05, 0) is 42.0 Å². The number of nitrogens with zero attached hydrogens (tertiary/aromatic N) is 3. The summed E-state index contributed by atoms with van der Waals surface area (Å²) >= 11 is 1.89. The first-order chi connectivity index (χ1) is 14.8. The van der Waals surface area contributed by atoms with Gasteiger partial charge in [-0.3, -0.25) is 0 Å². The lowest BCUT2D eigenvalue weighted by Crippen LogP contribution is -2.25. The van der Waals surface area contributed by atoms with Crippen LogP contribution in [-0.2, 0) is 0 Å². The van der Waals surface area contributed by atoms with Crippen LogP contribution in [0.2, 0.25) is 0 Å². The zero-order chi connectivity index (χ0) is 20.6. The molecule has 2 aromatic carbocycles. The molecule has 154 valence electrons. The minimum absolute atomic E-state index is 0.550. The highest BCUT2D eigenvalue weighted by atomic mass is 32.2. The molecule has 4 rings (SSSR count). The standard InChI is InChI=1S/C23H25N5OS/c1-28(23-24-12-11-22(27-23)26-19-5-3-2-4-6-19)13-14-29-21-9-7-18(8-10-21)15-20-16-30-17-25-20/h2-12,15,25H,13-14,16-17H2,1H3,(H,24,26,27)/b20-15-. The number of ether oxygens (including phenoxy) is 1. The smallest absolute Gasteiger partial charge is 0.227 e. The summed E-state index contributed by atoms with van der Waals surface area (Å²) in [5.41, 5.74) is 3.45. The van der Waals surface area contributed by atoms with E-state index in [9.17, 15) is 0 Å². The summed E-state index contributed by atoms with van der Waals surface area (Å²) in [6, 6.07) is 20.0. The summed E-state index contributed by atoms with van der Waals surface area (Å²) in [5, 5.41) is 6.66. The van der Waals surface area contributed by atoms with Gasteiger partial charge in [0.1, 0.15) is 18.2 Å². The Morgan fingerprint density at radius 2 is 1.97 bits per heavy atom. The van der Waals surface area contributed by atoms with Gasteiger partial charge in [-0.25, -0.2) is 4.98 Å². The van der Waals surface area contributed by atoms with Gasteiger partial charge < -0.3 is 20.3 Å². The topological polar surface area (TPSA) is 62.3 Å². The summed E-state index contributed by atoms with van der Waals surface area (Å²) in [7, 11) is 1.97. The summed E-state index contributed by atoms with van der Waals surface area (Å²) in [4.78, 5) is 10.9. The summed E-state index contributed by atoms with van der Waals surface area (Å²) in [6.45, 7) is 1.23. The molecular formula is C23H25N5OS. The summed E-state index contributed by atoms with van der Waals surface area (Å²) in [5.74, 6) is 4.33. The lowest BCUT2D eigenvalue weighted by Gasteiger charge is -2.18. The molecule has 0 amide bonds. The Morgan fingerprint density at radius 1 is 1.13 bits per heavy atom. The number of rotatable bonds is 8. The number of hydrogen-bond acceptors (Lipinski definition) is 7. The molecule has 1 fully saturated rings. The van der Waals surface area contributed by atoms with Crippen molar-refractivity contribution in [3.63, 3.8) is 0 Å². The third kappa shape index (κ3) is 5.67. The Balaban J connectivity index is 1.28. The number of anilines is 3. The molecule has 2 heterocycles. The van der Waals surface area contributed by atoms with Crippen molar-refractivity contribution in [2.24, 2.45) is 0 Å². The summed E-state index contributed by atoms with van der Waals surface area (Å²) in [6.07, 6.45) is 3.95. The number of thioether (sulfide) groups is 1. The number of para-hydroxylation sites is 1. The van der Waals surface area contributed by atoms with Crippen LogP contribution in [0, 0.1) is 0 Å². The second kappa shape index (κ2) is 10.0. The van der Waals surface area contributed by atoms with Crippen LogP contribution in [0.1, 0.15) is 5.56 Å². The van der Waals surface area contributed by atoms with E-state index in [1.807, 2.05) is 72.2 Å². The molecule has 0 radical (unpaired) electrons. The van der Waals surface area contributed by atoms with Crippen LogP contribution in [0.5, 0.6) is 5.75 Å². The molecule has 0 unspecified atom stereocenters. The molecule has 0 aliphatic carbocycles. The second-order valence-corrected chi connectivity index (χ2v) is 7.90. The minimum atomic E-state index is 0.550. The van der Waals surface area contributed by atoms with E-state index in [1.165, 1.54) is 11.3 Å². The van der Waals surface area contributed by atoms with Gasteiger partial charge in [0.15, 0.2) is 0 Å². The number of likely N-dealkylation sites (N-methyl/N-ethyl adjacent to an activating group) is 1. The molecule has 0 atom stereocenters. The lowest BCUT2D eigenvalue weighted by atomic mass is 10.2. The number of nitrogens with one attached hydrogen (secondary N) is 2. The van der Waals surface area contributed by atoms with Crippen LogP contribution in [0.4, 0.5) is 17.5 Å². The lowest BCUT2D eigenvalue weighted by molar-refractivity contribution is 0.325. The zero-order valence-electron chi connectivity index (χ0n) is 16.9. The van der Waals surface area contributed by atoms with Crippen LogP contribution in [-0.4, -0.2) is 41.8 Å². The SMILES string of the molecule is CN(CCOc1ccc(/C=C2/CSCN2)cc1)c1nccc(Nc2ccccc2)n1. The van der Waals surface area contributed by atoms with Gasteiger partial charge in [-0.2, -0.15) is 4.98 Å². The van der Waals surface area contributed by atoms with Crippen molar-refractivity contribution in [1.82, 2.24) is 15.3 Å². The van der Waals surface area contributed by atoms with Crippen LogP contribution in [0.3, 0.4) is 0 Å². The first kappa shape index (κ1) is 20.1. The van der Waals surface area contributed by atoms with E-state index in [4.69, 9.17) is 4.74 Å². The Hall–Kier alpha value is -3.19. The normalized spacial score (nSPS) is 14.4. The Bertz CT molecular complexity index is 970. The number of hydrogen-bond donors (Lipinski definition) is 2. The highest BCUT2D eigenvalue weighted by molar-refractivity contribution is 7.99. The van der Waals surface area contributed by atoms with Crippen molar-refractivity contribution in [3.8, 4) is 5.75 Å². The van der Waals surface area contributed by atoms with Crippen LogP contribution < -0.4 is 20.3 Å². The molecule has 1 aliphatic rings. The third-order valence-electron chi connectivity index (χ3n) is 4.61. The molecular weight excluding hydrogens is 394 g/mol. The predicted molar refractivity (Wildman–Crippen MR) is 125 cm³/mol. The van der Waals surface area contributed by atoms with Crippen molar-refractivity contribution in [2.75, 3.05) is 42.0 Å². The van der Waals surface area contributed by atoms with Crippen molar-refractivity contribution in [3.05, 3.63) is 78.1 Å². The van der Waals surface area contributed by atoms with Crippen molar-refractivity contribution >= 4 is 35.3 Å². The van der Waals surface area contributed by atoms with Crippen molar-refractivity contribution < 1.29 is 4.74 Å². The maximum absolute atomic E-state index is 5.90. The molecule has 2 N–H and O–H groups in total. The Kier molecular flexibility index (Phi) is 6.72. The van der Waals surface area contributed by atoms with E-state index < -0.39 is 0 Å². The fourth-order valence-electron chi connectivity index (χ4n) is 2.98. The van der Waals surface area contributed by atoms with Gasteiger partial charge in [-0.15, -0.1) is 11.8 Å². The quantitative estimate of drug-likeness (QED) is 0.562. The molecule has 1 aromatic heterocycles. The van der Waals surface area contributed by atoms with Gasteiger partial charge in [0, 0.05) is 30.4 Å². The molecule has 0 spiro atoms. The van der Waals surface area contributed by atoms with Gasteiger partial charge in [0.05, 0.1) is 12.4 Å². The van der Waals surface area contributed by atoms with E-state index >= 15 is 0 Å². The van der Waals surface area contributed by atoms with E-state index in [1.54, 1.807) is 6.20 Å². The molecule has 30 heavy (non-hydrogen) atoms. The van der Waals surface area contributed by atoms with Crippen LogP contribution >= 0.6 is 11.8 Å².